The summed E-state index contributed by atoms with van der Waals surface area (Å²) in [5.41, 5.74) is 10.3. The number of benzene rings is 3. The van der Waals surface area contributed by atoms with Gasteiger partial charge in [-0.3, -0.25) is 14.6 Å². The highest BCUT2D eigenvalue weighted by molar-refractivity contribution is 6.04. The molecule has 2 unspecified atom stereocenters. The largest absolute Gasteiger partial charge is 0.397 e. The van der Waals surface area contributed by atoms with Crippen LogP contribution in [0.4, 0.5) is 22.7 Å². The van der Waals surface area contributed by atoms with E-state index in [4.69, 9.17) is 5.73 Å². The highest BCUT2D eigenvalue weighted by atomic mass is 16.2. The summed E-state index contributed by atoms with van der Waals surface area (Å²) in [5.74, 6) is 0.449. The van der Waals surface area contributed by atoms with Crippen molar-refractivity contribution in [3.63, 3.8) is 0 Å². The predicted molar refractivity (Wildman–Crippen MR) is 173 cm³/mol. The minimum Gasteiger partial charge on any atom is -0.397 e. The van der Waals surface area contributed by atoms with Crippen molar-refractivity contribution in [2.75, 3.05) is 16.4 Å². The van der Waals surface area contributed by atoms with Crippen LogP contribution in [0.15, 0.2) is 77.8 Å². The van der Waals surface area contributed by atoms with Gasteiger partial charge in [0, 0.05) is 29.1 Å². The number of amides is 2. The van der Waals surface area contributed by atoms with Crippen LogP contribution in [-0.2, 0) is 4.79 Å². The van der Waals surface area contributed by atoms with Crippen molar-refractivity contribution < 1.29 is 9.59 Å². The molecule has 0 aliphatic carbocycles. The maximum absolute atomic E-state index is 13.2. The first-order chi connectivity index (χ1) is 19.6. The molecule has 6 nitrogen and oxygen atoms in total. The van der Waals surface area contributed by atoms with E-state index in [1.807, 2.05) is 42.5 Å². The summed E-state index contributed by atoms with van der Waals surface area (Å²) in [6.45, 7) is 11.2. The number of anilines is 3. The van der Waals surface area contributed by atoms with Crippen molar-refractivity contribution in [3.8, 4) is 0 Å². The second kappa shape index (κ2) is 15.2. The molecule has 4 N–H and O–H groups in total. The third-order valence-electron chi connectivity index (χ3n) is 7.83. The molecule has 2 amide bonds. The van der Waals surface area contributed by atoms with Crippen LogP contribution in [0.25, 0.3) is 0 Å². The van der Waals surface area contributed by atoms with Crippen LogP contribution in [-0.4, -0.2) is 18.0 Å². The molecule has 0 aromatic heterocycles. The maximum Gasteiger partial charge on any atom is 0.255 e. The molecule has 0 fully saturated rings. The van der Waals surface area contributed by atoms with Gasteiger partial charge in [0.05, 0.1) is 11.4 Å². The van der Waals surface area contributed by atoms with Crippen LogP contribution in [0.2, 0.25) is 0 Å². The summed E-state index contributed by atoms with van der Waals surface area (Å²) < 4.78 is 0. The van der Waals surface area contributed by atoms with Gasteiger partial charge in [-0.2, -0.15) is 0 Å². The summed E-state index contributed by atoms with van der Waals surface area (Å²) >= 11 is 0. The first-order valence-electron chi connectivity index (χ1n) is 14.8. The second-order valence-corrected chi connectivity index (χ2v) is 11.7. The summed E-state index contributed by atoms with van der Waals surface area (Å²) in [6.07, 6.45) is 8.08. The minimum atomic E-state index is -0.195. The molecule has 41 heavy (non-hydrogen) atoms. The predicted octanol–water partition coefficient (Wildman–Crippen LogP) is 8.87. The van der Waals surface area contributed by atoms with Gasteiger partial charge in [0.2, 0.25) is 5.91 Å². The fraction of sp³-hybridized carbons (Fsp3) is 0.400. The van der Waals surface area contributed by atoms with Gasteiger partial charge >= 0.3 is 0 Å². The van der Waals surface area contributed by atoms with Crippen molar-refractivity contribution in [2.45, 2.75) is 73.1 Å². The molecule has 2 atom stereocenters. The lowest BCUT2D eigenvalue weighted by molar-refractivity contribution is -0.120. The van der Waals surface area contributed by atoms with E-state index in [-0.39, 0.29) is 17.7 Å². The van der Waals surface area contributed by atoms with Gasteiger partial charge in [-0.1, -0.05) is 84.2 Å². The molecule has 0 saturated carbocycles. The molecule has 0 radical (unpaired) electrons. The molecular weight excluding hydrogens is 508 g/mol. The smallest absolute Gasteiger partial charge is 0.255 e. The molecule has 0 saturated heterocycles. The number of nitrogens with two attached hydrogens (primary N) is 1. The zero-order valence-corrected chi connectivity index (χ0v) is 25.2. The fourth-order valence-electron chi connectivity index (χ4n) is 5.07. The lowest BCUT2D eigenvalue weighted by atomic mass is 9.75. The van der Waals surface area contributed by atoms with Gasteiger partial charge in [-0.15, -0.1) is 0 Å². The number of hydrogen-bond donors (Lipinski definition) is 3. The number of carbonyl (C=O) groups is 2. The monoisotopic (exact) mass is 554 g/mol. The fourth-order valence-corrected chi connectivity index (χ4v) is 5.07. The topological polar surface area (TPSA) is 96.6 Å². The summed E-state index contributed by atoms with van der Waals surface area (Å²) in [4.78, 5) is 30.2. The molecule has 0 spiro atoms. The number of carbonyl (C=O) groups excluding carboxylic acids is 2. The maximum atomic E-state index is 13.2. The van der Waals surface area contributed by atoms with E-state index in [2.05, 4.69) is 50.2 Å². The average molecular weight is 555 g/mol. The van der Waals surface area contributed by atoms with Gasteiger partial charge in [0.1, 0.15) is 0 Å². The van der Waals surface area contributed by atoms with Crippen molar-refractivity contribution in [1.82, 2.24) is 0 Å². The Bertz CT molecular complexity index is 1300. The molecule has 3 aromatic rings. The summed E-state index contributed by atoms with van der Waals surface area (Å²) in [7, 11) is 0. The van der Waals surface area contributed by atoms with Gasteiger partial charge in [-0.25, -0.2) is 0 Å². The quantitative estimate of drug-likeness (QED) is 0.137. The normalized spacial score (nSPS) is 13.1. The van der Waals surface area contributed by atoms with Gasteiger partial charge < -0.3 is 16.4 Å². The molecule has 218 valence electrons. The lowest BCUT2D eigenvalue weighted by Gasteiger charge is -2.30. The minimum absolute atomic E-state index is 0.00178. The Morgan fingerprint density at radius 3 is 2.24 bits per heavy atom. The van der Waals surface area contributed by atoms with Crippen molar-refractivity contribution >= 4 is 40.8 Å². The van der Waals surface area contributed by atoms with E-state index in [1.54, 1.807) is 36.5 Å². The SMILES string of the molecule is CCCC(CC(CC)C(=O)Nc1ccc(C=Nc2cc(NC(=O)c3ccccc3)ccc2N)cc1)CC(C)(C)CC. The number of hydrogen-bond acceptors (Lipinski definition) is 4. The standard InChI is InChI=1S/C35H46N4O2/c1-6-12-26(23-35(4,5)8-3)21-27(7-2)33(40)38-29-17-15-25(16-18-29)24-37-32-22-30(19-20-31(32)36)39-34(41)28-13-10-9-11-14-28/h9-11,13-20,22,24,26-27H,6-8,12,21,23,36H2,1-5H3,(H,38,40)(H,39,41). The zero-order valence-electron chi connectivity index (χ0n) is 25.2. The van der Waals surface area contributed by atoms with E-state index >= 15 is 0 Å². The Morgan fingerprint density at radius 1 is 0.927 bits per heavy atom. The van der Waals surface area contributed by atoms with Crippen LogP contribution < -0.4 is 16.4 Å². The first-order valence-corrected chi connectivity index (χ1v) is 14.8. The number of nitrogen functional groups attached to an aromatic ring is 1. The Morgan fingerprint density at radius 2 is 1.61 bits per heavy atom. The van der Waals surface area contributed by atoms with Crippen LogP contribution in [0.3, 0.4) is 0 Å². The summed E-state index contributed by atoms with van der Waals surface area (Å²) in [6, 6.07) is 21.9. The van der Waals surface area contributed by atoms with E-state index in [9.17, 15) is 9.59 Å². The zero-order chi connectivity index (χ0) is 29.8. The Kier molecular flexibility index (Phi) is 11.7. The third kappa shape index (κ3) is 9.89. The van der Waals surface area contributed by atoms with Gasteiger partial charge in [-0.05, 0) is 78.6 Å². The van der Waals surface area contributed by atoms with E-state index < -0.39 is 0 Å². The number of aliphatic imine (C=N–C) groups is 1. The number of nitrogens with zero attached hydrogens (tertiary/aromatic N) is 1. The van der Waals surface area contributed by atoms with E-state index in [0.29, 0.717) is 34.0 Å². The molecule has 6 heteroatoms. The van der Waals surface area contributed by atoms with Crippen molar-refractivity contribution in [1.29, 1.82) is 0 Å². The molecule has 3 rings (SSSR count). The van der Waals surface area contributed by atoms with Crippen LogP contribution >= 0.6 is 0 Å². The third-order valence-corrected chi connectivity index (χ3v) is 7.83. The Labute approximate surface area is 245 Å². The molecule has 0 aliphatic rings. The second-order valence-electron chi connectivity index (χ2n) is 11.7. The molecule has 0 aliphatic heterocycles. The Balaban J connectivity index is 1.62. The summed E-state index contributed by atoms with van der Waals surface area (Å²) in [5, 5.41) is 6.01. The number of nitrogens with one attached hydrogen (secondary N) is 2. The number of rotatable bonds is 14. The average Bonchev–Trinajstić information content (AvgIpc) is 2.97. The Hall–Kier alpha value is -3.93. The molecule has 0 heterocycles. The highest BCUT2D eigenvalue weighted by Crippen LogP contribution is 2.35. The van der Waals surface area contributed by atoms with Crippen LogP contribution in [0, 0.1) is 17.3 Å². The lowest BCUT2D eigenvalue weighted by Crippen LogP contribution is -2.26. The van der Waals surface area contributed by atoms with Crippen molar-refractivity contribution in [2.24, 2.45) is 22.2 Å². The first kappa shape index (κ1) is 31.6. The van der Waals surface area contributed by atoms with Crippen LogP contribution in [0.1, 0.15) is 89.1 Å². The highest BCUT2D eigenvalue weighted by Gasteiger charge is 2.26. The van der Waals surface area contributed by atoms with Gasteiger partial charge in [0.25, 0.3) is 5.91 Å². The van der Waals surface area contributed by atoms with Crippen LogP contribution in [0.5, 0.6) is 0 Å². The van der Waals surface area contributed by atoms with Crippen molar-refractivity contribution in [3.05, 3.63) is 83.9 Å². The van der Waals surface area contributed by atoms with Gasteiger partial charge in [0.15, 0.2) is 0 Å². The molecule has 3 aromatic carbocycles. The van der Waals surface area contributed by atoms with E-state index in [1.165, 1.54) is 0 Å². The van der Waals surface area contributed by atoms with E-state index in [0.717, 1.165) is 49.8 Å². The molecular formula is C35H46N4O2. The molecule has 0 bridgehead atoms.